The maximum atomic E-state index is 11.4. The predicted octanol–water partition coefficient (Wildman–Crippen LogP) is 1.37. The molecule has 76 valence electrons. The third-order valence-corrected chi connectivity index (χ3v) is 1.99. The van der Waals surface area contributed by atoms with E-state index >= 15 is 0 Å². The molecule has 0 unspecified atom stereocenters. The Hall–Kier alpha value is -2.10. The minimum atomic E-state index is -0.834. The minimum Gasteiger partial charge on any atom is -0.466 e. The Morgan fingerprint density at radius 2 is 2.13 bits per heavy atom. The van der Waals surface area contributed by atoms with Gasteiger partial charge in [0, 0.05) is 5.56 Å². The summed E-state index contributed by atoms with van der Waals surface area (Å²) in [5.74, 6) is -1.44. The van der Waals surface area contributed by atoms with Crippen LogP contribution >= 0.6 is 0 Å². The molecule has 0 saturated heterocycles. The zero-order chi connectivity index (χ0) is 11.7. The molecule has 0 spiro atoms. The van der Waals surface area contributed by atoms with Gasteiger partial charge in [0.2, 0.25) is 0 Å². The first-order valence-electron chi connectivity index (χ1n) is 4.76. The van der Waals surface area contributed by atoms with E-state index in [1.165, 1.54) is 7.11 Å². The second-order valence-electron chi connectivity index (χ2n) is 2.88. The van der Waals surface area contributed by atoms with E-state index in [2.05, 4.69) is 4.74 Å². The van der Waals surface area contributed by atoms with Gasteiger partial charge in [0.25, 0.3) is 0 Å². The zero-order valence-electron chi connectivity index (χ0n) is 8.94. The largest absolute Gasteiger partial charge is 0.466 e. The van der Waals surface area contributed by atoms with Gasteiger partial charge in [-0.15, -0.1) is 0 Å². The molecule has 0 aliphatic carbocycles. The SMILES string of the molecule is [2H]/C(C(=O)OC)=C1/OC(=O)c2ccccc21. The van der Waals surface area contributed by atoms with Gasteiger partial charge in [-0.2, -0.15) is 0 Å². The highest BCUT2D eigenvalue weighted by Crippen LogP contribution is 2.28. The first-order valence-corrected chi connectivity index (χ1v) is 4.26. The molecule has 1 aliphatic rings. The smallest absolute Gasteiger partial charge is 0.344 e. The molecule has 1 heterocycles. The first-order chi connectivity index (χ1) is 7.65. The number of hydrogen-bond acceptors (Lipinski definition) is 4. The summed E-state index contributed by atoms with van der Waals surface area (Å²) >= 11 is 0. The summed E-state index contributed by atoms with van der Waals surface area (Å²) in [4.78, 5) is 22.6. The Labute approximate surface area is 87.5 Å². The molecular weight excluding hydrogens is 196 g/mol. The lowest BCUT2D eigenvalue weighted by Crippen LogP contribution is -1.97. The molecule has 0 fully saturated rings. The lowest BCUT2D eigenvalue weighted by atomic mass is 10.1. The molecule has 0 saturated carbocycles. The van der Waals surface area contributed by atoms with Gasteiger partial charge in [-0.25, -0.2) is 9.59 Å². The lowest BCUT2D eigenvalue weighted by molar-refractivity contribution is -0.134. The number of ether oxygens (including phenoxy) is 2. The topological polar surface area (TPSA) is 52.6 Å². The van der Waals surface area contributed by atoms with Crippen LogP contribution < -0.4 is 0 Å². The van der Waals surface area contributed by atoms with E-state index in [-0.39, 0.29) is 5.76 Å². The summed E-state index contributed by atoms with van der Waals surface area (Å²) in [6.45, 7) is 0. The van der Waals surface area contributed by atoms with Crippen molar-refractivity contribution in [1.82, 2.24) is 0 Å². The molecule has 0 amide bonds. The Balaban J connectivity index is 2.56. The van der Waals surface area contributed by atoms with E-state index in [0.717, 1.165) is 0 Å². The van der Waals surface area contributed by atoms with E-state index in [1.807, 2.05) is 0 Å². The summed E-state index contributed by atoms with van der Waals surface area (Å²) < 4.78 is 16.8. The number of carbonyl (C=O) groups is 2. The summed E-state index contributed by atoms with van der Waals surface area (Å²) in [6, 6.07) is 6.12. The number of fused-ring (bicyclic) bond motifs is 1. The van der Waals surface area contributed by atoms with Crippen LogP contribution in [-0.2, 0) is 14.3 Å². The fraction of sp³-hybridized carbons (Fsp3) is 0.0909. The van der Waals surface area contributed by atoms with Gasteiger partial charge < -0.3 is 9.47 Å². The van der Waals surface area contributed by atoms with E-state index in [9.17, 15) is 9.59 Å². The van der Waals surface area contributed by atoms with Crippen LogP contribution in [0.1, 0.15) is 17.3 Å². The van der Waals surface area contributed by atoms with Crippen LogP contribution in [0.25, 0.3) is 5.76 Å². The van der Waals surface area contributed by atoms with Gasteiger partial charge in [-0.3, -0.25) is 0 Å². The van der Waals surface area contributed by atoms with Gasteiger partial charge in [-0.1, -0.05) is 18.2 Å². The van der Waals surface area contributed by atoms with Crippen molar-refractivity contribution >= 4 is 17.7 Å². The first kappa shape index (κ1) is 8.23. The van der Waals surface area contributed by atoms with E-state index < -0.39 is 18.0 Å². The number of hydrogen-bond donors (Lipinski definition) is 0. The molecule has 4 heteroatoms. The van der Waals surface area contributed by atoms with Crippen molar-refractivity contribution < 1.29 is 20.4 Å². The molecule has 1 aromatic carbocycles. The van der Waals surface area contributed by atoms with Crippen molar-refractivity contribution in [2.75, 3.05) is 7.11 Å². The van der Waals surface area contributed by atoms with Crippen LogP contribution in [0.2, 0.25) is 0 Å². The van der Waals surface area contributed by atoms with Crippen molar-refractivity contribution in [3.05, 3.63) is 41.4 Å². The van der Waals surface area contributed by atoms with Crippen molar-refractivity contribution in [2.24, 2.45) is 0 Å². The Bertz CT molecular complexity index is 504. The quantitative estimate of drug-likeness (QED) is 0.513. The Morgan fingerprint density at radius 3 is 2.80 bits per heavy atom. The number of rotatable bonds is 1. The van der Waals surface area contributed by atoms with Crippen LogP contribution in [0.3, 0.4) is 0 Å². The molecule has 0 bridgehead atoms. The molecule has 0 radical (unpaired) electrons. The minimum absolute atomic E-state index is 0.0487. The third-order valence-electron chi connectivity index (χ3n) is 1.99. The average molecular weight is 205 g/mol. The molecule has 0 atom stereocenters. The van der Waals surface area contributed by atoms with Crippen LogP contribution in [0.4, 0.5) is 0 Å². The third kappa shape index (κ3) is 1.61. The monoisotopic (exact) mass is 205 g/mol. The molecule has 1 aliphatic heterocycles. The van der Waals surface area contributed by atoms with E-state index in [1.54, 1.807) is 24.3 Å². The summed E-state index contributed by atoms with van der Waals surface area (Å²) in [5, 5.41) is 0. The van der Waals surface area contributed by atoms with Crippen molar-refractivity contribution in [1.29, 1.82) is 0 Å². The highest BCUT2D eigenvalue weighted by atomic mass is 16.5. The van der Waals surface area contributed by atoms with Crippen LogP contribution in [0.5, 0.6) is 0 Å². The maximum Gasteiger partial charge on any atom is 0.344 e. The molecule has 2 rings (SSSR count). The summed E-state index contributed by atoms with van der Waals surface area (Å²) in [7, 11) is 1.17. The van der Waals surface area contributed by atoms with Gasteiger partial charge in [-0.05, 0) is 6.07 Å². The number of esters is 2. The van der Waals surface area contributed by atoms with Crippen molar-refractivity contribution in [3.8, 4) is 0 Å². The number of benzene rings is 1. The van der Waals surface area contributed by atoms with Crippen LogP contribution in [0, 0.1) is 0 Å². The molecule has 4 nitrogen and oxygen atoms in total. The standard InChI is InChI=1S/C11H8O4/c1-14-10(12)6-9-7-4-2-3-5-8(7)11(13)15-9/h2-6H,1H3/b9-6-/i6D. The fourth-order valence-electron chi connectivity index (χ4n) is 1.30. The number of methoxy groups -OCH3 is 1. The highest BCUT2D eigenvalue weighted by molar-refractivity contribution is 6.05. The molecule has 0 aromatic heterocycles. The van der Waals surface area contributed by atoms with Crippen molar-refractivity contribution in [2.45, 2.75) is 0 Å². The molecular formula is C11H8O4. The Kier molecular flexibility index (Phi) is 1.96. The molecule has 15 heavy (non-hydrogen) atoms. The van der Waals surface area contributed by atoms with Gasteiger partial charge >= 0.3 is 11.9 Å². The maximum absolute atomic E-state index is 11.4. The van der Waals surface area contributed by atoms with Crippen LogP contribution in [-0.4, -0.2) is 19.0 Å². The second kappa shape index (κ2) is 3.57. The predicted molar refractivity (Wildman–Crippen MR) is 51.9 cm³/mol. The fourth-order valence-corrected chi connectivity index (χ4v) is 1.30. The highest BCUT2D eigenvalue weighted by Gasteiger charge is 2.26. The second-order valence-corrected chi connectivity index (χ2v) is 2.88. The molecule has 0 N–H and O–H groups in total. The van der Waals surface area contributed by atoms with Crippen LogP contribution in [0.15, 0.2) is 30.3 Å². The lowest BCUT2D eigenvalue weighted by Gasteiger charge is -1.96. The number of cyclic esters (lactones) is 1. The van der Waals surface area contributed by atoms with E-state index in [4.69, 9.17) is 6.11 Å². The number of carbonyl (C=O) groups excluding carboxylic acids is 2. The average Bonchev–Trinajstić information content (AvgIpc) is 2.65. The normalized spacial score (nSPS) is 17.7. The van der Waals surface area contributed by atoms with Gasteiger partial charge in [0.15, 0.2) is 0 Å². The van der Waals surface area contributed by atoms with Gasteiger partial charge in [0.05, 0.1) is 20.1 Å². The van der Waals surface area contributed by atoms with Crippen molar-refractivity contribution in [3.63, 3.8) is 0 Å². The summed E-state index contributed by atoms with van der Waals surface area (Å²) in [5.41, 5.74) is 0.800. The van der Waals surface area contributed by atoms with Gasteiger partial charge in [0.1, 0.15) is 5.76 Å². The zero-order valence-corrected chi connectivity index (χ0v) is 7.94. The Morgan fingerprint density at radius 1 is 1.47 bits per heavy atom. The molecule has 1 aromatic rings. The summed E-state index contributed by atoms with van der Waals surface area (Å²) in [6.07, 6.45) is 0. The van der Waals surface area contributed by atoms with E-state index in [0.29, 0.717) is 11.1 Å².